The van der Waals surface area contributed by atoms with Gasteiger partial charge >= 0.3 is 0 Å². The molecule has 2 aromatic carbocycles. The van der Waals surface area contributed by atoms with Crippen molar-refractivity contribution in [1.29, 1.82) is 0 Å². The Bertz CT molecular complexity index is 729. The van der Waals surface area contributed by atoms with Crippen molar-refractivity contribution in [2.24, 2.45) is 0 Å². The van der Waals surface area contributed by atoms with Crippen LogP contribution in [-0.4, -0.2) is 42.8 Å². The lowest BCUT2D eigenvalue weighted by molar-refractivity contribution is -0.113. The number of nitrogens with one attached hydrogen (secondary N) is 1. The molecule has 4 nitrogen and oxygen atoms in total. The van der Waals surface area contributed by atoms with Crippen molar-refractivity contribution >= 4 is 35.0 Å². The number of piperidine rings is 1. The third-order valence-electron chi connectivity index (χ3n) is 4.52. The summed E-state index contributed by atoms with van der Waals surface area (Å²) in [7, 11) is 2.14. The molecular weight excluding hydrogens is 380 g/mol. The number of hydrogen-bond donors (Lipinski definition) is 1. The molecule has 1 amide bonds. The zero-order valence-electron chi connectivity index (χ0n) is 15.5. The van der Waals surface area contributed by atoms with Crippen molar-refractivity contribution in [3.05, 3.63) is 59.1 Å². The number of thioether (sulfide) groups is 1. The summed E-state index contributed by atoms with van der Waals surface area (Å²) in [6.45, 7) is 2.15. The second-order valence-electron chi connectivity index (χ2n) is 6.81. The number of hydrogen-bond acceptors (Lipinski definition) is 4. The van der Waals surface area contributed by atoms with Crippen LogP contribution in [0.15, 0.2) is 48.5 Å². The number of carbonyl (C=O) groups excluding carboxylic acids is 1. The lowest BCUT2D eigenvalue weighted by atomic mass is 10.1. The molecule has 1 N–H and O–H groups in total. The van der Waals surface area contributed by atoms with Gasteiger partial charge in [-0.05, 0) is 61.9 Å². The molecule has 1 heterocycles. The minimum atomic E-state index is -0.00190. The predicted octanol–water partition coefficient (Wildman–Crippen LogP) is 4.68. The molecule has 0 radical (unpaired) electrons. The number of nitrogens with zero attached hydrogens (tertiary/aromatic N) is 1. The Morgan fingerprint density at radius 2 is 1.81 bits per heavy atom. The third kappa shape index (κ3) is 6.76. The highest BCUT2D eigenvalue weighted by Gasteiger charge is 2.17. The van der Waals surface area contributed by atoms with Gasteiger partial charge in [-0.1, -0.05) is 23.7 Å². The second-order valence-corrected chi connectivity index (χ2v) is 8.23. The van der Waals surface area contributed by atoms with Crippen molar-refractivity contribution in [3.63, 3.8) is 0 Å². The van der Waals surface area contributed by atoms with Crippen LogP contribution in [0.4, 0.5) is 5.69 Å². The maximum absolute atomic E-state index is 12.1. The van der Waals surface area contributed by atoms with Crippen molar-refractivity contribution < 1.29 is 9.53 Å². The first kappa shape index (κ1) is 20.1. The molecule has 0 unspecified atom stereocenters. The number of amides is 1. The molecule has 1 saturated heterocycles. The fourth-order valence-corrected chi connectivity index (χ4v) is 3.87. The molecule has 1 fully saturated rings. The van der Waals surface area contributed by atoms with Crippen LogP contribution < -0.4 is 10.1 Å². The molecule has 0 bridgehead atoms. The highest BCUT2D eigenvalue weighted by molar-refractivity contribution is 7.99. The van der Waals surface area contributed by atoms with Gasteiger partial charge in [-0.3, -0.25) is 4.79 Å². The van der Waals surface area contributed by atoms with Crippen LogP contribution in [0.3, 0.4) is 0 Å². The average Bonchev–Trinajstić information content (AvgIpc) is 2.67. The molecule has 0 aliphatic carbocycles. The monoisotopic (exact) mass is 404 g/mol. The van der Waals surface area contributed by atoms with Crippen LogP contribution in [0.1, 0.15) is 18.4 Å². The molecular formula is C21H25ClN2O2S. The molecule has 27 heavy (non-hydrogen) atoms. The molecule has 6 heteroatoms. The summed E-state index contributed by atoms with van der Waals surface area (Å²) in [5.74, 6) is 2.06. The minimum Gasteiger partial charge on any atom is -0.490 e. The van der Waals surface area contributed by atoms with E-state index in [-0.39, 0.29) is 12.0 Å². The Kier molecular flexibility index (Phi) is 7.44. The van der Waals surface area contributed by atoms with E-state index in [4.69, 9.17) is 16.3 Å². The van der Waals surface area contributed by atoms with Crippen molar-refractivity contribution in [3.8, 4) is 5.75 Å². The van der Waals surface area contributed by atoms with E-state index < -0.39 is 0 Å². The molecule has 0 atom stereocenters. The fraction of sp³-hybridized carbons (Fsp3) is 0.381. The number of halogens is 1. The van der Waals surface area contributed by atoms with Crippen LogP contribution in [0, 0.1) is 0 Å². The van der Waals surface area contributed by atoms with E-state index >= 15 is 0 Å². The predicted molar refractivity (Wildman–Crippen MR) is 114 cm³/mol. The minimum absolute atomic E-state index is 0.00190. The van der Waals surface area contributed by atoms with Crippen molar-refractivity contribution in [1.82, 2.24) is 4.90 Å². The maximum atomic E-state index is 12.1. The van der Waals surface area contributed by atoms with Gasteiger partial charge in [-0.15, -0.1) is 11.8 Å². The Morgan fingerprint density at radius 1 is 1.15 bits per heavy atom. The quantitative estimate of drug-likeness (QED) is 0.727. The van der Waals surface area contributed by atoms with Gasteiger partial charge in [0.2, 0.25) is 5.91 Å². The van der Waals surface area contributed by atoms with E-state index in [9.17, 15) is 4.79 Å². The average molecular weight is 405 g/mol. The molecule has 0 spiro atoms. The van der Waals surface area contributed by atoms with E-state index in [0.717, 1.165) is 53.7 Å². The third-order valence-corrected chi connectivity index (χ3v) is 5.78. The topological polar surface area (TPSA) is 41.6 Å². The van der Waals surface area contributed by atoms with Crippen LogP contribution in [-0.2, 0) is 10.5 Å². The zero-order valence-corrected chi connectivity index (χ0v) is 17.1. The van der Waals surface area contributed by atoms with Gasteiger partial charge in [0.05, 0.1) is 5.75 Å². The van der Waals surface area contributed by atoms with E-state index in [1.807, 2.05) is 48.5 Å². The highest BCUT2D eigenvalue weighted by atomic mass is 35.5. The maximum Gasteiger partial charge on any atom is 0.234 e. The molecule has 0 aromatic heterocycles. The first-order valence-corrected chi connectivity index (χ1v) is 10.7. The largest absolute Gasteiger partial charge is 0.490 e. The fourth-order valence-electron chi connectivity index (χ4n) is 2.95. The zero-order chi connectivity index (χ0) is 19.1. The van der Waals surface area contributed by atoms with E-state index in [1.165, 1.54) is 0 Å². The van der Waals surface area contributed by atoms with Crippen molar-refractivity contribution in [2.45, 2.75) is 24.7 Å². The van der Waals surface area contributed by atoms with E-state index in [2.05, 4.69) is 17.3 Å². The normalized spacial score (nSPS) is 15.5. The van der Waals surface area contributed by atoms with Gasteiger partial charge < -0.3 is 15.0 Å². The Hall–Kier alpha value is -1.69. The summed E-state index contributed by atoms with van der Waals surface area (Å²) in [5, 5.41) is 3.66. The van der Waals surface area contributed by atoms with Gasteiger partial charge in [-0.2, -0.15) is 0 Å². The summed E-state index contributed by atoms with van der Waals surface area (Å²) < 4.78 is 6.03. The van der Waals surface area contributed by atoms with E-state index in [1.54, 1.807) is 11.8 Å². The number of rotatable bonds is 7. The van der Waals surface area contributed by atoms with Crippen molar-refractivity contribution in [2.75, 3.05) is 31.2 Å². The lowest BCUT2D eigenvalue weighted by Crippen LogP contribution is -2.35. The Balaban J connectivity index is 1.39. The summed E-state index contributed by atoms with van der Waals surface area (Å²) in [5.41, 5.74) is 1.95. The lowest BCUT2D eigenvalue weighted by Gasteiger charge is -2.29. The first-order valence-electron chi connectivity index (χ1n) is 9.16. The number of carbonyl (C=O) groups is 1. The molecule has 3 rings (SSSR count). The SMILES string of the molecule is CN1CCC(Oc2ccc(NC(=O)CSCc3ccc(Cl)cc3)cc2)CC1. The second kappa shape index (κ2) is 10.0. The van der Waals surface area contributed by atoms with Crippen LogP contribution in [0.2, 0.25) is 5.02 Å². The van der Waals surface area contributed by atoms with E-state index in [0.29, 0.717) is 5.75 Å². The Labute approximate surface area is 170 Å². The molecule has 144 valence electrons. The van der Waals surface area contributed by atoms with Gasteiger partial charge in [0, 0.05) is 29.6 Å². The number of likely N-dealkylation sites (tertiary alicyclic amines) is 1. The highest BCUT2D eigenvalue weighted by Crippen LogP contribution is 2.21. The smallest absolute Gasteiger partial charge is 0.234 e. The number of anilines is 1. The molecule has 2 aromatic rings. The van der Waals surface area contributed by atoms with Crippen LogP contribution in [0.5, 0.6) is 5.75 Å². The Morgan fingerprint density at radius 3 is 2.48 bits per heavy atom. The van der Waals surface area contributed by atoms with Gasteiger partial charge in [0.15, 0.2) is 0 Å². The number of ether oxygens (including phenoxy) is 1. The summed E-state index contributed by atoms with van der Waals surface area (Å²) in [6.07, 6.45) is 2.39. The van der Waals surface area contributed by atoms with Crippen LogP contribution >= 0.6 is 23.4 Å². The van der Waals surface area contributed by atoms with Crippen LogP contribution in [0.25, 0.3) is 0 Å². The summed E-state index contributed by atoms with van der Waals surface area (Å²) in [6, 6.07) is 15.3. The first-order chi connectivity index (χ1) is 13.1. The van der Waals surface area contributed by atoms with Gasteiger partial charge in [0.1, 0.15) is 11.9 Å². The standard InChI is InChI=1S/C21H25ClN2O2S/c1-24-12-10-20(11-13-24)26-19-8-6-18(7-9-19)23-21(25)15-27-14-16-2-4-17(22)5-3-16/h2-9,20H,10-15H2,1H3,(H,23,25). The molecule has 1 aliphatic heterocycles. The summed E-state index contributed by atoms with van der Waals surface area (Å²) >= 11 is 7.46. The molecule has 0 saturated carbocycles. The molecule has 1 aliphatic rings. The van der Waals surface area contributed by atoms with Gasteiger partial charge in [-0.25, -0.2) is 0 Å². The van der Waals surface area contributed by atoms with Gasteiger partial charge in [0.25, 0.3) is 0 Å². The number of benzene rings is 2. The summed E-state index contributed by atoms with van der Waals surface area (Å²) in [4.78, 5) is 14.4.